The van der Waals surface area contributed by atoms with Crippen molar-refractivity contribution in [1.82, 2.24) is 58.1 Å². The summed E-state index contributed by atoms with van der Waals surface area (Å²) in [5.74, 6) is -26.8. The van der Waals surface area contributed by atoms with Gasteiger partial charge in [-0.1, -0.05) is 73.1 Å². The van der Waals surface area contributed by atoms with Gasteiger partial charge in [-0.25, -0.2) is 4.79 Å². The largest absolute Gasteiger partial charge is 0.481 e. The normalized spacial score (nSPS) is 25.9. The number of aliphatic carboxylic acids is 4. The highest BCUT2D eigenvalue weighted by molar-refractivity contribution is 6.02. The summed E-state index contributed by atoms with van der Waals surface area (Å²) < 4.78 is 0. The van der Waals surface area contributed by atoms with Crippen LogP contribution in [0, 0.1) is 35.5 Å². The molecule has 0 aliphatic carbocycles. The quantitative estimate of drug-likeness (QED) is 0.0246. The summed E-state index contributed by atoms with van der Waals surface area (Å²) in [5.41, 5.74) is 5.69. The fourth-order valence-electron chi connectivity index (χ4n) is 9.52. The van der Waals surface area contributed by atoms with Crippen LogP contribution in [0.3, 0.4) is 0 Å². The molecule has 33 heteroatoms. The van der Waals surface area contributed by atoms with Crippen molar-refractivity contribution in [2.75, 3.05) is 26.2 Å². The van der Waals surface area contributed by atoms with Crippen molar-refractivity contribution in [1.29, 1.82) is 0 Å². The minimum absolute atomic E-state index is 0.0406. The third-order valence-electron chi connectivity index (χ3n) is 15.2. The van der Waals surface area contributed by atoms with Crippen LogP contribution in [0.4, 0.5) is 0 Å². The van der Waals surface area contributed by atoms with E-state index in [-0.39, 0.29) is 38.8 Å². The minimum Gasteiger partial charge on any atom is -0.481 e. The van der Waals surface area contributed by atoms with Crippen LogP contribution in [0.15, 0.2) is 24.3 Å². The van der Waals surface area contributed by atoms with Crippen LogP contribution in [0.2, 0.25) is 0 Å². The van der Waals surface area contributed by atoms with Crippen molar-refractivity contribution in [2.45, 2.75) is 180 Å². The molecule has 5 unspecified atom stereocenters. The van der Waals surface area contributed by atoms with Crippen LogP contribution in [0.25, 0.3) is 0 Å². The Bertz CT molecular complexity index is 2670. The van der Waals surface area contributed by atoms with Crippen molar-refractivity contribution in [3.8, 4) is 0 Å². The summed E-state index contributed by atoms with van der Waals surface area (Å²) >= 11 is 0. The molecule has 0 aromatic rings. The Morgan fingerprint density at radius 1 is 0.678 bits per heavy atom. The predicted octanol–water partition coefficient (Wildman–Crippen LogP) is -4.55. The standard InChI is InChI=1S/C57H90N12O21/c1-10-28(6)17-13-11-12-14-19-36(71)63-43(32(25-70)56(87)88)52(82)67-42-31(9)60-48(78)35-21-29(7)24-69(35)54(84)40(27(4)5)66-50(80)41(30(8)55(85)86)64-37(72)23-59-46(76)34(22-38(73)74)62-53(83)44(45(75)57(89)90)68-47(77)33(18-15-16-20-58)61-49(79)39(26(2)3)65-51(42)81/h11-12,14,19,26-35,39-45,70,75H,10,13,15-18,20-25,58H2,1-9H3,(H,59,76)(H,60,78)(H,61,79)(H,62,83)(H,63,71)(H,64,72)(H,65,81)(H,66,80)(H,67,82)(H,68,77)(H,73,74)(H,85,86)(H,87,88)(H,89,90)/b12-11-,19-14+/t28?,29-,30?,31?,32?,33+,34+,35+,39-,40+,41-,42+,43+,44+,45?/m1/s1. The molecule has 2 saturated heterocycles. The maximum absolute atomic E-state index is 14.9. The topological polar surface area (TPSA) is 527 Å². The van der Waals surface area contributed by atoms with Gasteiger partial charge in [-0.15, -0.1) is 0 Å². The van der Waals surface area contributed by atoms with E-state index >= 15 is 0 Å². The van der Waals surface area contributed by atoms with Gasteiger partial charge in [0.15, 0.2) is 6.10 Å². The van der Waals surface area contributed by atoms with Crippen molar-refractivity contribution >= 4 is 88.9 Å². The number of rotatable bonds is 24. The first-order valence-corrected chi connectivity index (χ1v) is 29.6. The number of hydrogen-bond acceptors (Lipinski definition) is 18. The lowest BCUT2D eigenvalue weighted by Gasteiger charge is -2.34. The third-order valence-corrected chi connectivity index (χ3v) is 15.2. The van der Waals surface area contributed by atoms with E-state index in [4.69, 9.17) is 5.73 Å². The van der Waals surface area contributed by atoms with Gasteiger partial charge in [0.1, 0.15) is 60.3 Å². The van der Waals surface area contributed by atoms with E-state index in [1.54, 1.807) is 19.1 Å². The smallest absolute Gasteiger partial charge is 0.335 e. The van der Waals surface area contributed by atoms with Crippen molar-refractivity contribution < 1.29 is 103 Å². The molecular formula is C57H90N12O21. The molecule has 15 atom stereocenters. The Labute approximate surface area is 520 Å². The molecule has 0 saturated carbocycles. The minimum atomic E-state index is -2.85. The number of carboxylic acids is 4. The second kappa shape index (κ2) is 37.4. The second-order valence-electron chi connectivity index (χ2n) is 23.2. The molecule has 2 fully saturated rings. The second-order valence-corrected chi connectivity index (χ2v) is 23.2. The van der Waals surface area contributed by atoms with E-state index < -0.39 is 205 Å². The zero-order valence-corrected chi connectivity index (χ0v) is 51.9. The average molecular weight is 1280 g/mol. The van der Waals surface area contributed by atoms with Gasteiger partial charge in [-0.05, 0) is 82.6 Å². The maximum atomic E-state index is 14.9. The van der Waals surface area contributed by atoms with Gasteiger partial charge in [0.25, 0.3) is 0 Å². The molecule has 2 rings (SSSR count). The number of carboxylic acid groups (broad SMARTS) is 4. The summed E-state index contributed by atoms with van der Waals surface area (Å²) in [6, 6.07) is -19.1. The molecule has 2 heterocycles. The van der Waals surface area contributed by atoms with Crippen molar-refractivity contribution in [3.05, 3.63) is 24.3 Å². The van der Waals surface area contributed by atoms with Crippen LogP contribution in [-0.2, 0) is 71.9 Å². The molecule has 11 amide bonds. The van der Waals surface area contributed by atoms with E-state index in [9.17, 15) is 103 Å². The van der Waals surface area contributed by atoms with E-state index in [0.717, 1.165) is 30.7 Å². The molecular weight excluding hydrogens is 1190 g/mol. The highest BCUT2D eigenvalue weighted by Crippen LogP contribution is 2.26. The molecule has 90 heavy (non-hydrogen) atoms. The summed E-state index contributed by atoms with van der Waals surface area (Å²) in [6.45, 7) is 11.3. The molecule has 2 aliphatic heterocycles. The SMILES string of the molecule is CCC(C)CC/C=C\C=C\C(=O)N[C@H](C(=O)N[C@@H]1C(=O)N[C@H](C(C)C)C(=O)N[C@@H](CCCCN)C(=O)N[C@@H](C(O)C(=O)O)C(=O)N[C@@H](CC(=O)O)C(=O)NCC(=O)N[C@H](C(C)C(=O)O)C(=O)N[C@@H](C(C)C)C(=O)N2C[C@H](C)C[C@H]2C(=O)NC1C)C(CO)C(=O)O. The van der Waals surface area contributed by atoms with Crippen LogP contribution in [0.5, 0.6) is 0 Å². The molecule has 504 valence electrons. The van der Waals surface area contributed by atoms with Gasteiger partial charge in [0, 0.05) is 12.6 Å². The number of fused-ring (bicyclic) bond motifs is 1. The Morgan fingerprint density at radius 3 is 1.82 bits per heavy atom. The molecule has 2 aliphatic rings. The number of allylic oxidation sites excluding steroid dienone is 3. The lowest BCUT2D eigenvalue weighted by molar-refractivity contribution is -0.153. The van der Waals surface area contributed by atoms with Crippen LogP contribution < -0.4 is 58.9 Å². The number of aliphatic hydroxyl groups excluding tert-OH is 2. The Kier molecular flexibility index (Phi) is 32.2. The first kappa shape index (κ1) is 77.5. The number of nitrogens with two attached hydrogens (primary N) is 1. The van der Waals surface area contributed by atoms with Gasteiger partial charge < -0.3 is 94.4 Å². The lowest BCUT2D eigenvalue weighted by Crippen LogP contribution is -2.66. The lowest BCUT2D eigenvalue weighted by atomic mass is 9.97. The molecule has 0 spiro atoms. The molecule has 0 aromatic heterocycles. The van der Waals surface area contributed by atoms with Gasteiger partial charge in [0.2, 0.25) is 65.0 Å². The third kappa shape index (κ3) is 24.1. The molecule has 0 radical (unpaired) electrons. The predicted molar refractivity (Wildman–Crippen MR) is 316 cm³/mol. The van der Waals surface area contributed by atoms with Gasteiger partial charge >= 0.3 is 23.9 Å². The molecule has 0 bridgehead atoms. The van der Waals surface area contributed by atoms with Gasteiger partial charge in [-0.3, -0.25) is 67.1 Å². The van der Waals surface area contributed by atoms with Gasteiger partial charge in [-0.2, -0.15) is 0 Å². The molecule has 18 N–H and O–H groups in total. The Morgan fingerprint density at radius 2 is 1.27 bits per heavy atom. The zero-order valence-electron chi connectivity index (χ0n) is 51.9. The number of nitrogens with one attached hydrogen (secondary N) is 10. The van der Waals surface area contributed by atoms with Crippen molar-refractivity contribution in [2.24, 2.45) is 41.2 Å². The van der Waals surface area contributed by atoms with Crippen molar-refractivity contribution in [3.63, 3.8) is 0 Å². The molecule has 33 nitrogen and oxygen atoms in total. The first-order valence-electron chi connectivity index (χ1n) is 29.6. The fraction of sp³-hybridized carbons (Fsp3) is 0.667. The highest BCUT2D eigenvalue weighted by atomic mass is 16.4. The zero-order chi connectivity index (χ0) is 68.4. The number of carbonyl (C=O) groups excluding carboxylic acids is 11. The summed E-state index contributed by atoms with van der Waals surface area (Å²) in [7, 11) is 0. The van der Waals surface area contributed by atoms with E-state index in [1.165, 1.54) is 40.7 Å². The summed E-state index contributed by atoms with van der Waals surface area (Å²) in [6.07, 6.45) is 3.76. The Balaban J connectivity index is 2.99. The average Bonchev–Trinajstić information content (AvgIpc) is 2.25. The number of amides is 11. The van der Waals surface area contributed by atoms with Crippen LogP contribution >= 0.6 is 0 Å². The number of hydrogen-bond donors (Lipinski definition) is 17. The number of nitrogens with zero attached hydrogens (tertiary/aromatic N) is 1. The maximum Gasteiger partial charge on any atom is 0.335 e. The first-order chi connectivity index (χ1) is 42.1. The van der Waals surface area contributed by atoms with E-state index in [2.05, 4.69) is 44.1 Å². The van der Waals surface area contributed by atoms with E-state index in [1.807, 2.05) is 22.9 Å². The summed E-state index contributed by atoms with van der Waals surface area (Å²) in [5, 5.41) is 83.2. The number of unbranched alkanes of at least 4 members (excludes halogenated alkanes) is 1. The number of carbonyl (C=O) groups is 15. The summed E-state index contributed by atoms with van der Waals surface area (Å²) in [4.78, 5) is 206. The highest BCUT2D eigenvalue weighted by Gasteiger charge is 2.46. The van der Waals surface area contributed by atoms with Gasteiger partial charge in [0.05, 0.1) is 31.5 Å². The number of aliphatic hydroxyl groups is 2. The van der Waals surface area contributed by atoms with Crippen LogP contribution in [0.1, 0.15) is 114 Å². The van der Waals surface area contributed by atoms with E-state index in [0.29, 0.717) is 12.3 Å². The monoisotopic (exact) mass is 1280 g/mol. The fourth-order valence-corrected chi connectivity index (χ4v) is 9.52. The Hall–Kier alpha value is -8.59. The van der Waals surface area contributed by atoms with Crippen LogP contribution in [-0.4, -0.2) is 217 Å². The molecule has 0 aromatic carbocycles.